The maximum atomic E-state index is 13.2. The smallest absolute Gasteiger partial charge is 0.170 e. The minimum atomic E-state index is -0.346. The summed E-state index contributed by atoms with van der Waals surface area (Å²) in [5.74, 6) is -0.285. The van der Waals surface area contributed by atoms with Crippen LogP contribution in [0.3, 0.4) is 0 Å². The van der Waals surface area contributed by atoms with E-state index in [-0.39, 0.29) is 11.7 Å². The Morgan fingerprint density at radius 3 is 2.76 bits per heavy atom. The highest BCUT2D eigenvalue weighted by Gasteiger charge is 2.06. The number of nitrogens with one attached hydrogen (secondary N) is 1. The number of anilines is 1. The van der Waals surface area contributed by atoms with Crippen molar-refractivity contribution in [2.24, 2.45) is 10.9 Å². The molecule has 0 atom stereocenters. The van der Waals surface area contributed by atoms with Gasteiger partial charge in [0.05, 0.1) is 10.7 Å². The first-order chi connectivity index (χ1) is 10.0. The van der Waals surface area contributed by atoms with Gasteiger partial charge in [-0.25, -0.2) is 4.39 Å². The molecule has 0 aromatic heterocycles. The second-order valence-corrected chi connectivity index (χ2v) is 5.01. The fourth-order valence-electron chi connectivity index (χ4n) is 1.93. The molecule has 6 heteroatoms. The number of hydrogen-bond acceptors (Lipinski definition) is 3. The molecule has 4 N–H and O–H groups in total. The number of nitrogens with two attached hydrogens (primary N) is 1. The molecular weight excluding hydrogens is 293 g/mol. The molecule has 0 fully saturated rings. The molecule has 4 nitrogen and oxygen atoms in total. The minimum Gasteiger partial charge on any atom is -0.409 e. The third-order valence-corrected chi connectivity index (χ3v) is 3.47. The van der Waals surface area contributed by atoms with Gasteiger partial charge in [0.15, 0.2) is 5.84 Å². The Morgan fingerprint density at radius 1 is 1.33 bits per heavy atom. The molecular formula is C15H15ClFN3O. The van der Waals surface area contributed by atoms with Gasteiger partial charge >= 0.3 is 0 Å². The lowest BCUT2D eigenvalue weighted by Gasteiger charge is -2.11. The molecule has 0 radical (unpaired) electrons. The van der Waals surface area contributed by atoms with Crippen molar-refractivity contribution in [3.63, 3.8) is 0 Å². The number of oxime groups is 1. The van der Waals surface area contributed by atoms with Crippen molar-refractivity contribution in [1.29, 1.82) is 0 Å². The van der Waals surface area contributed by atoms with E-state index in [1.54, 1.807) is 6.07 Å². The van der Waals surface area contributed by atoms with Gasteiger partial charge in [-0.3, -0.25) is 0 Å². The van der Waals surface area contributed by atoms with Crippen LogP contribution in [0.15, 0.2) is 41.6 Å². The molecule has 0 spiro atoms. The Kier molecular flexibility index (Phi) is 4.65. The molecule has 0 bridgehead atoms. The number of halogens is 2. The lowest BCUT2D eigenvalue weighted by atomic mass is 10.0. The normalized spacial score (nSPS) is 11.5. The van der Waals surface area contributed by atoms with Crippen molar-refractivity contribution in [2.45, 2.75) is 13.5 Å². The number of amidine groups is 1. The highest BCUT2D eigenvalue weighted by Crippen LogP contribution is 2.23. The molecule has 21 heavy (non-hydrogen) atoms. The van der Waals surface area contributed by atoms with Gasteiger partial charge in [-0.15, -0.1) is 0 Å². The number of aryl methyl sites for hydroxylation is 1. The van der Waals surface area contributed by atoms with Crippen molar-refractivity contribution < 1.29 is 9.60 Å². The zero-order valence-corrected chi connectivity index (χ0v) is 12.2. The largest absolute Gasteiger partial charge is 0.409 e. The average Bonchev–Trinajstić information content (AvgIpc) is 2.48. The first-order valence-corrected chi connectivity index (χ1v) is 6.65. The summed E-state index contributed by atoms with van der Waals surface area (Å²) in [6.07, 6.45) is 0. The Bertz CT molecular complexity index is 689. The predicted molar refractivity (Wildman–Crippen MR) is 82.4 cm³/mol. The number of rotatable bonds is 4. The van der Waals surface area contributed by atoms with Gasteiger partial charge in [-0.05, 0) is 42.3 Å². The van der Waals surface area contributed by atoms with Gasteiger partial charge in [0.25, 0.3) is 0 Å². The predicted octanol–water partition coefficient (Wildman–Crippen LogP) is 3.49. The molecule has 0 amide bonds. The molecule has 2 aromatic rings. The molecule has 0 aliphatic heterocycles. The zero-order chi connectivity index (χ0) is 15.4. The van der Waals surface area contributed by atoms with Crippen LogP contribution < -0.4 is 11.1 Å². The third-order valence-electron chi connectivity index (χ3n) is 3.14. The van der Waals surface area contributed by atoms with Gasteiger partial charge in [-0.1, -0.05) is 28.9 Å². The van der Waals surface area contributed by atoms with Gasteiger partial charge in [-0.2, -0.15) is 0 Å². The molecule has 0 unspecified atom stereocenters. The van der Waals surface area contributed by atoms with Gasteiger partial charge < -0.3 is 16.3 Å². The maximum Gasteiger partial charge on any atom is 0.170 e. The van der Waals surface area contributed by atoms with Crippen LogP contribution in [0.5, 0.6) is 0 Å². The molecule has 110 valence electrons. The van der Waals surface area contributed by atoms with Crippen molar-refractivity contribution in [1.82, 2.24) is 0 Å². The lowest BCUT2D eigenvalue weighted by Crippen LogP contribution is -2.13. The Hall–Kier alpha value is -2.27. The first-order valence-electron chi connectivity index (χ1n) is 6.27. The highest BCUT2D eigenvalue weighted by molar-refractivity contribution is 6.33. The van der Waals surface area contributed by atoms with Crippen LogP contribution in [-0.2, 0) is 6.54 Å². The monoisotopic (exact) mass is 307 g/mol. The SMILES string of the molecule is Cc1cc(/C(N)=N/O)ccc1CNc1cc(F)ccc1Cl. The summed E-state index contributed by atoms with van der Waals surface area (Å²) in [4.78, 5) is 0. The van der Waals surface area contributed by atoms with E-state index in [2.05, 4.69) is 10.5 Å². The topological polar surface area (TPSA) is 70.6 Å². The van der Waals surface area contributed by atoms with Crippen molar-refractivity contribution in [3.05, 3.63) is 63.9 Å². The first kappa shape index (κ1) is 15.1. The minimum absolute atomic E-state index is 0.0609. The highest BCUT2D eigenvalue weighted by atomic mass is 35.5. The number of nitrogens with zero attached hydrogens (tertiary/aromatic N) is 1. The van der Waals surface area contributed by atoms with Crippen LogP contribution in [0.1, 0.15) is 16.7 Å². The lowest BCUT2D eigenvalue weighted by molar-refractivity contribution is 0.318. The van der Waals surface area contributed by atoms with Crippen LogP contribution in [0.4, 0.5) is 10.1 Å². The summed E-state index contributed by atoms with van der Waals surface area (Å²) in [6, 6.07) is 9.61. The van der Waals surface area contributed by atoms with Gasteiger partial charge in [0.1, 0.15) is 5.82 Å². The van der Waals surface area contributed by atoms with E-state index in [1.165, 1.54) is 18.2 Å². The molecule has 0 aliphatic rings. The molecule has 2 aromatic carbocycles. The summed E-state index contributed by atoms with van der Waals surface area (Å²) in [5, 5.41) is 15.2. The molecule has 0 saturated heterocycles. The Labute approximate surface area is 127 Å². The summed E-state index contributed by atoms with van der Waals surface area (Å²) >= 11 is 6.00. The zero-order valence-electron chi connectivity index (χ0n) is 11.4. The van der Waals surface area contributed by atoms with Crippen molar-refractivity contribution in [2.75, 3.05) is 5.32 Å². The van der Waals surface area contributed by atoms with Crippen LogP contribution >= 0.6 is 11.6 Å². The van der Waals surface area contributed by atoms with Crippen molar-refractivity contribution in [3.8, 4) is 0 Å². The fourth-order valence-corrected chi connectivity index (χ4v) is 2.12. The van der Waals surface area contributed by atoms with Gasteiger partial charge in [0.2, 0.25) is 0 Å². The summed E-state index contributed by atoms with van der Waals surface area (Å²) in [7, 11) is 0. The Morgan fingerprint density at radius 2 is 2.10 bits per heavy atom. The maximum absolute atomic E-state index is 13.2. The Balaban J connectivity index is 2.15. The van der Waals surface area contributed by atoms with Crippen LogP contribution in [0.25, 0.3) is 0 Å². The quantitative estimate of drug-likeness (QED) is 0.350. The molecule has 0 aliphatic carbocycles. The summed E-state index contributed by atoms with van der Waals surface area (Å²) in [5.41, 5.74) is 8.70. The van der Waals surface area contributed by atoms with E-state index < -0.39 is 0 Å². The van der Waals surface area contributed by atoms with Crippen LogP contribution in [0.2, 0.25) is 5.02 Å². The number of hydrogen-bond donors (Lipinski definition) is 3. The second-order valence-electron chi connectivity index (χ2n) is 4.60. The molecule has 2 rings (SSSR count). The average molecular weight is 308 g/mol. The van der Waals surface area contributed by atoms with E-state index in [4.69, 9.17) is 22.5 Å². The van der Waals surface area contributed by atoms with E-state index in [0.717, 1.165) is 11.1 Å². The fraction of sp³-hybridized carbons (Fsp3) is 0.133. The second kappa shape index (κ2) is 6.45. The van der Waals surface area contributed by atoms with E-state index >= 15 is 0 Å². The van der Waals surface area contributed by atoms with E-state index in [9.17, 15) is 4.39 Å². The summed E-state index contributed by atoms with van der Waals surface area (Å²) < 4.78 is 13.2. The summed E-state index contributed by atoms with van der Waals surface area (Å²) in [6.45, 7) is 2.41. The standard InChI is InChI=1S/C15H15ClFN3O/c1-9-6-10(15(18)20-21)2-3-11(9)8-19-14-7-12(17)4-5-13(14)16/h2-7,19,21H,8H2,1H3,(H2,18,20). The van der Waals surface area contributed by atoms with Crippen LogP contribution in [0, 0.1) is 12.7 Å². The third kappa shape index (κ3) is 3.64. The van der Waals surface area contributed by atoms with Crippen molar-refractivity contribution >= 4 is 23.1 Å². The number of benzene rings is 2. The van der Waals surface area contributed by atoms with Crippen LogP contribution in [-0.4, -0.2) is 11.0 Å². The van der Waals surface area contributed by atoms with E-state index in [1.807, 2.05) is 19.1 Å². The molecule has 0 saturated carbocycles. The van der Waals surface area contributed by atoms with E-state index in [0.29, 0.717) is 22.8 Å². The molecule has 0 heterocycles. The van der Waals surface area contributed by atoms with Gasteiger partial charge in [0, 0.05) is 12.1 Å².